The molecule has 114 valence electrons. The molecular weight excluding hydrogens is 298 g/mol. The zero-order valence-electron chi connectivity index (χ0n) is 12.2. The summed E-state index contributed by atoms with van der Waals surface area (Å²) in [6.45, 7) is 2.12. The lowest BCUT2D eigenvalue weighted by atomic mass is 9.89. The Morgan fingerprint density at radius 1 is 1.09 bits per heavy atom. The number of rotatable bonds is 4. The molecule has 2 atom stereocenters. The third kappa shape index (κ3) is 3.32. The molecule has 1 unspecified atom stereocenters. The lowest BCUT2D eigenvalue weighted by Gasteiger charge is -2.16. The van der Waals surface area contributed by atoms with Crippen molar-refractivity contribution in [2.75, 3.05) is 13.1 Å². The molecule has 0 aromatic heterocycles. The topological polar surface area (TPSA) is 40.5 Å². The van der Waals surface area contributed by atoms with Crippen LogP contribution in [-0.4, -0.2) is 29.1 Å². The van der Waals surface area contributed by atoms with Gasteiger partial charge in [-0.3, -0.25) is 9.69 Å². The number of nitrogens with zero attached hydrogens (tertiary/aromatic N) is 1. The van der Waals surface area contributed by atoms with Crippen molar-refractivity contribution in [3.8, 4) is 0 Å². The van der Waals surface area contributed by atoms with E-state index in [1.54, 1.807) is 0 Å². The summed E-state index contributed by atoms with van der Waals surface area (Å²) in [5, 5.41) is 10.2. The Kier molecular flexibility index (Phi) is 4.46. The number of carboxylic acids is 1. The first kappa shape index (κ1) is 15.1. The van der Waals surface area contributed by atoms with Crippen molar-refractivity contribution in [3.63, 3.8) is 0 Å². The fraction of sp³-hybridized carbons (Fsp3) is 0.278. The number of halogens is 1. The van der Waals surface area contributed by atoms with Gasteiger partial charge in [0.05, 0.1) is 5.92 Å². The minimum absolute atomic E-state index is 0.0125. The van der Waals surface area contributed by atoms with E-state index in [9.17, 15) is 9.90 Å². The highest BCUT2D eigenvalue weighted by atomic mass is 35.5. The molecule has 1 saturated heterocycles. The Balaban J connectivity index is 1.77. The van der Waals surface area contributed by atoms with Crippen LogP contribution in [0.15, 0.2) is 54.6 Å². The van der Waals surface area contributed by atoms with Crippen LogP contribution in [0.3, 0.4) is 0 Å². The van der Waals surface area contributed by atoms with Crippen LogP contribution in [0.2, 0.25) is 5.02 Å². The molecule has 3 rings (SSSR count). The smallest absolute Gasteiger partial charge is 0.308 e. The van der Waals surface area contributed by atoms with E-state index in [2.05, 4.69) is 17.0 Å². The molecule has 0 aliphatic carbocycles. The quantitative estimate of drug-likeness (QED) is 0.936. The monoisotopic (exact) mass is 315 g/mol. The van der Waals surface area contributed by atoms with Gasteiger partial charge < -0.3 is 5.11 Å². The van der Waals surface area contributed by atoms with Crippen molar-refractivity contribution in [1.29, 1.82) is 0 Å². The Bertz CT molecular complexity index is 642. The van der Waals surface area contributed by atoms with E-state index in [1.165, 1.54) is 5.56 Å². The average Bonchev–Trinajstić information content (AvgIpc) is 2.93. The van der Waals surface area contributed by atoms with E-state index < -0.39 is 5.97 Å². The van der Waals surface area contributed by atoms with Gasteiger partial charge in [-0.15, -0.1) is 0 Å². The van der Waals surface area contributed by atoms with E-state index in [0.29, 0.717) is 11.6 Å². The SMILES string of the molecule is O=C(O)C1CN(Cc2ccccc2)C[C@@H]1c1ccc(Cl)cc1. The van der Waals surface area contributed by atoms with Crippen molar-refractivity contribution in [3.05, 3.63) is 70.7 Å². The zero-order chi connectivity index (χ0) is 15.5. The van der Waals surface area contributed by atoms with Gasteiger partial charge in [-0.1, -0.05) is 54.1 Å². The second-order valence-electron chi connectivity index (χ2n) is 5.78. The molecule has 2 aromatic rings. The van der Waals surface area contributed by atoms with Crippen molar-refractivity contribution in [2.24, 2.45) is 5.92 Å². The van der Waals surface area contributed by atoms with Crippen LogP contribution in [-0.2, 0) is 11.3 Å². The molecule has 0 amide bonds. The minimum Gasteiger partial charge on any atom is -0.481 e. The van der Waals surface area contributed by atoms with E-state index in [-0.39, 0.29) is 11.8 Å². The molecule has 4 heteroatoms. The van der Waals surface area contributed by atoms with Gasteiger partial charge in [0.15, 0.2) is 0 Å². The second kappa shape index (κ2) is 6.51. The Morgan fingerprint density at radius 2 is 1.77 bits per heavy atom. The molecule has 0 radical (unpaired) electrons. The fourth-order valence-corrected chi connectivity index (χ4v) is 3.28. The van der Waals surface area contributed by atoms with Crippen molar-refractivity contribution in [2.45, 2.75) is 12.5 Å². The maximum absolute atomic E-state index is 11.6. The van der Waals surface area contributed by atoms with E-state index in [1.807, 2.05) is 42.5 Å². The first-order valence-electron chi connectivity index (χ1n) is 7.38. The fourth-order valence-electron chi connectivity index (χ4n) is 3.15. The Hall–Kier alpha value is -1.84. The summed E-state index contributed by atoms with van der Waals surface area (Å²) in [5.74, 6) is -1.08. The van der Waals surface area contributed by atoms with Crippen LogP contribution in [0, 0.1) is 5.92 Å². The largest absolute Gasteiger partial charge is 0.481 e. The molecular formula is C18H18ClNO2. The molecule has 0 saturated carbocycles. The lowest BCUT2D eigenvalue weighted by molar-refractivity contribution is -0.141. The predicted molar refractivity (Wildman–Crippen MR) is 87.0 cm³/mol. The minimum atomic E-state index is -0.726. The summed E-state index contributed by atoms with van der Waals surface area (Å²) in [4.78, 5) is 13.8. The number of aliphatic carboxylic acids is 1. The van der Waals surface area contributed by atoms with Crippen LogP contribution in [0.4, 0.5) is 0 Å². The highest BCUT2D eigenvalue weighted by Crippen LogP contribution is 2.34. The van der Waals surface area contributed by atoms with Crippen LogP contribution < -0.4 is 0 Å². The number of likely N-dealkylation sites (tertiary alicyclic amines) is 1. The number of benzene rings is 2. The Morgan fingerprint density at radius 3 is 2.41 bits per heavy atom. The van der Waals surface area contributed by atoms with Gasteiger partial charge in [0.25, 0.3) is 0 Å². The maximum Gasteiger partial charge on any atom is 0.308 e. The highest BCUT2D eigenvalue weighted by Gasteiger charge is 2.38. The summed E-state index contributed by atoms with van der Waals surface area (Å²) >= 11 is 5.93. The van der Waals surface area contributed by atoms with Crippen molar-refractivity contribution < 1.29 is 9.90 Å². The predicted octanol–water partition coefficient (Wildman–Crippen LogP) is 3.64. The molecule has 3 nitrogen and oxygen atoms in total. The van der Waals surface area contributed by atoms with E-state index in [0.717, 1.165) is 18.7 Å². The van der Waals surface area contributed by atoms with Gasteiger partial charge in [0.1, 0.15) is 0 Å². The summed E-state index contributed by atoms with van der Waals surface area (Å²) < 4.78 is 0. The number of hydrogen-bond donors (Lipinski definition) is 1. The summed E-state index contributed by atoms with van der Waals surface area (Å²) in [7, 11) is 0. The first-order chi connectivity index (χ1) is 10.6. The first-order valence-corrected chi connectivity index (χ1v) is 7.76. The molecule has 1 aliphatic heterocycles. The third-order valence-electron chi connectivity index (χ3n) is 4.26. The van der Waals surface area contributed by atoms with Gasteiger partial charge in [-0.05, 0) is 23.3 Å². The van der Waals surface area contributed by atoms with Gasteiger partial charge in [0, 0.05) is 30.6 Å². The van der Waals surface area contributed by atoms with Crippen LogP contribution in [0.25, 0.3) is 0 Å². The van der Waals surface area contributed by atoms with Gasteiger partial charge in [0.2, 0.25) is 0 Å². The second-order valence-corrected chi connectivity index (χ2v) is 6.22. The highest BCUT2D eigenvalue weighted by molar-refractivity contribution is 6.30. The van der Waals surface area contributed by atoms with Crippen molar-refractivity contribution in [1.82, 2.24) is 4.90 Å². The number of carbonyl (C=O) groups is 1. The molecule has 1 N–H and O–H groups in total. The molecule has 1 heterocycles. The van der Waals surface area contributed by atoms with Crippen LogP contribution >= 0.6 is 11.6 Å². The maximum atomic E-state index is 11.6. The zero-order valence-corrected chi connectivity index (χ0v) is 12.9. The van der Waals surface area contributed by atoms with E-state index >= 15 is 0 Å². The number of carboxylic acid groups (broad SMARTS) is 1. The molecule has 1 fully saturated rings. The third-order valence-corrected chi connectivity index (χ3v) is 4.51. The summed E-state index contributed by atoms with van der Waals surface area (Å²) in [6.07, 6.45) is 0. The lowest BCUT2D eigenvalue weighted by Crippen LogP contribution is -2.23. The standard InChI is InChI=1S/C18H18ClNO2/c19-15-8-6-14(7-9-15)16-11-20(12-17(16)18(21)22)10-13-4-2-1-3-5-13/h1-9,16-17H,10-12H2,(H,21,22)/t16-,17?/m1/s1. The van der Waals surface area contributed by atoms with Crippen molar-refractivity contribution >= 4 is 17.6 Å². The van der Waals surface area contributed by atoms with E-state index in [4.69, 9.17) is 11.6 Å². The van der Waals surface area contributed by atoms with Gasteiger partial charge in [-0.25, -0.2) is 0 Å². The average molecular weight is 316 g/mol. The van der Waals surface area contributed by atoms with Crippen LogP contribution in [0.5, 0.6) is 0 Å². The normalized spacial score (nSPS) is 21.9. The van der Waals surface area contributed by atoms with Gasteiger partial charge in [-0.2, -0.15) is 0 Å². The van der Waals surface area contributed by atoms with Crippen LogP contribution in [0.1, 0.15) is 17.0 Å². The summed E-state index contributed by atoms with van der Waals surface area (Å²) in [5.41, 5.74) is 2.26. The number of hydrogen-bond acceptors (Lipinski definition) is 2. The molecule has 2 aromatic carbocycles. The molecule has 0 bridgehead atoms. The molecule has 1 aliphatic rings. The Labute approximate surface area is 135 Å². The summed E-state index contributed by atoms with van der Waals surface area (Å²) in [6, 6.07) is 17.7. The molecule has 22 heavy (non-hydrogen) atoms. The molecule has 0 spiro atoms. The van der Waals surface area contributed by atoms with Gasteiger partial charge >= 0.3 is 5.97 Å².